The maximum absolute atomic E-state index is 6.17. The van der Waals surface area contributed by atoms with Gasteiger partial charge in [0.25, 0.3) is 0 Å². The second-order valence-corrected chi connectivity index (χ2v) is 7.33. The Kier molecular flexibility index (Phi) is 5.53. The Morgan fingerprint density at radius 3 is 2.76 bits per heavy atom. The van der Waals surface area contributed by atoms with Crippen molar-refractivity contribution >= 4 is 17.3 Å². The molecule has 1 heterocycles. The fraction of sp³-hybridized carbons (Fsp3) is 0.647. The maximum Gasteiger partial charge on any atom is 0.0750 e. The standard InChI is InChI=1S/C17H27ClN2O/c1-17(2,3)19-11-13-10-14(18)7-8-16(13)20(4)12-15-6-5-9-21-15/h7-8,10,15,19H,5-6,9,11-12H2,1-4H3. The summed E-state index contributed by atoms with van der Waals surface area (Å²) in [6.07, 6.45) is 2.69. The van der Waals surface area contributed by atoms with Crippen LogP contribution < -0.4 is 10.2 Å². The van der Waals surface area contributed by atoms with Gasteiger partial charge in [-0.3, -0.25) is 0 Å². The van der Waals surface area contributed by atoms with E-state index in [4.69, 9.17) is 16.3 Å². The maximum atomic E-state index is 6.17. The van der Waals surface area contributed by atoms with E-state index in [9.17, 15) is 0 Å². The molecule has 0 aromatic heterocycles. The first kappa shape index (κ1) is 16.6. The van der Waals surface area contributed by atoms with Crippen molar-refractivity contribution in [1.82, 2.24) is 5.32 Å². The van der Waals surface area contributed by atoms with E-state index < -0.39 is 0 Å². The van der Waals surface area contributed by atoms with E-state index in [1.54, 1.807) is 0 Å². The zero-order valence-electron chi connectivity index (χ0n) is 13.6. The lowest BCUT2D eigenvalue weighted by Gasteiger charge is -2.27. The first-order valence-electron chi connectivity index (χ1n) is 7.71. The third-order valence-electron chi connectivity index (χ3n) is 3.76. The molecule has 3 nitrogen and oxygen atoms in total. The third kappa shape index (κ3) is 5.17. The molecule has 1 fully saturated rings. The highest BCUT2D eigenvalue weighted by atomic mass is 35.5. The van der Waals surface area contributed by atoms with Gasteiger partial charge < -0.3 is 15.0 Å². The molecule has 1 N–H and O–H groups in total. The van der Waals surface area contributed by atoms with Gasteiger partial charge in [0.2, 0.25) is 0 Å². The van der Waals surface area contributed by atoms with Crippen LogP contribution in [0.25, 0.3) is 0 Å². The zero-order valence-corrected chi connectivity index (χ0v) is 14.3. The lowest BCUT2D eigenvalue weighted by Crippen LogP contribution is -2.36. The van der Waals surface area contributed by atoms with Crippen LogP contribution in [0.15, 0.2) is 18.2 Å². The number of benzene rings is 1. The molecule has 0 saturated carbocycles. The lowest BCUT2D eigenvalue weighted by molar-refractivity contribution is 0.116. The summed E-state index contributed by atoms with van der Waals surface area (Å²) in [5.41, 5.74) is 2.55. The van der Waals surface area contributed by atoms with Crippen molar-refractivity contribution < 1.29 is 4.74 Å². The fourth-order valence-corrected chi connectivity index (χ4v) is 2.82. The summed E-state index contributed by atoms with van der Waals surface area (Å²) in [4.78, 5) is 2.28. The van der Waals surface area contributed by atoms with E-state index >= 15 is 0 Å². The molecular formula is C17H27ClN2O. The molecular weight excluding hydrogens is 284 g/mol. The van der Waals surface area contributed by atoms with Crippen molar-refractivity contribution in [3.63, 3.8) is 0 Å². The number of ether oxygens (including phenoxy) is 1. The largest absolute Gasteiger partial charge is 0.376 e. The Labute approximate surface area is 133 Å². The van der Waals surface area contributed by atoms with Crippen LogP contribution >= 0.6 is 11.6 Å². The summed E-state index contributed by atoms with van der Waals surface area (Å²) in [6.45, 7) is 9.17. The summed E-state index contributed by atoms with van der Waals surface area (Å²) in [5.74, 6) is 0. The molecule has 4 heteroatoms. The van der Waals surface area contributed by atoms with E-state index in [2.05, 4.69) is 50.2 Å². The number of halogens is 1. The van der Waals surface area contributed by atoms with Gasteiger partial charge in [-0.25, -0.2) is 0 Å². The Balaban J connectivity index is 2.09. The van der Waals surface area contributed by atoms with E-state index in [1.165, 1.54) is 17.7 Å². The van der Waals surface area contributed by atoms with Gasteiger partial charge in [-0.2, -0.15) is 0 Å². The Morgan fingerprint density at radius 1 is 1.38 bits per heavy atom. The van der Waals surface area contributed by atoms with Gasteiger partial charge in [0.1, 0.15) is 0 Å². The molecule has 0 bridgehead atoms. The number of hydrogen-bond acceptors (Lipinski definition) is 3. The third-order valence-corrected chi connectivity index (χ3v) is 4.00. The highest BCUT2D eigenvalue weighted by molar-refractivity contribution is 6.30. The minimum atomic E-state index is 0.0900. The number of nitrogens with one attached hydrogen (secondary N) is 1. The normalized spacial score (nSPS) is 19.0. The van der Waals surface area contributed by atoms with Crippen LogP contribution in [0.5, 0.6) is 0 Å². The summed E-state index contributed by atoms with van der Waals surface area (Å²) < 4.78 is 5.74. The molecule has 0 aliphatic carbocycles. The number of likely N-dealkylation sites (N-methyl/N-ethyl adjacent to an activating group) is 1. The van der Waals surface area contributed by atoms with Crippen molar-refractivity contribution in [1.29, 1.82) is 0 Å². The molecule has 1 aliphatic rings. The quantitative estimate of drug-likeness (QED) is 0.894. The fourth-order valence-electron chi connectivity index (χ4n) is 2.62. The van der Waals surface area contributed by atoms with Gasteiger partial charge in [0.15, 0.2) is 0 Å². The van der Waals surface area contributed by atoms with Gasteiger partial charge in [0.05, 0.1) is 6.10 Å². The van der Waals surface area contributed by atoms with Crippen molar-refractivity contribution in [2.45, 2.75) is 51.8 Å². The van der Waals surface area contributed by atoms with Crippen molar-refractivity contribution in [3.8, 4) is 0 Å². The van der Waals surface area contributed by atoms with Crippen LogP contribution in [0.3, 0.4) is 0 Å². The zero-order chi connectivity index (χ0) is 15.5. The second-order valence-electron chi connectivity index (χ2n) is 6.89. The number of rotatable bonds is 5. The minimum Gasteiger partial charge on any atom is -0.376 e. The summed E-state index contributed by atoms with van der Waals surface area (Å²) in [5, 5.41) is 4.32. The van der Waals surface area contributed by atoms with E-state index in [-0.39, 0.29) is 5.54 Å². The SMILES string of the molecule is CN(CC1CCCO1)c1ccc(Cl)cc1CNC(C)(C)C. The number of hydrogen-bond donors (Lipinski definition) is 1. The first-order chi connectivity index (χ1) is 9.85. The van der Waals surface area contributed by atoms with Crippen molar-refractivity contribution in [2.24, 2.45) is 0 Å². The molecule has 1 atom stereocenters. The smallest absolute Gasteiger partial charge is 0.0750 e. The number of nitrogens with zero attached hydrogens (tertiary/aromatic N) is 1. The van der Waals surface area contributed by atoms with Crippen LogP contribution in [0.1, 0.15) is 39.2 Å². The molecule has 1 saturated heterocycles. The summed E-state index contributed by atoms with van der Waals surface area (Å²) in [7, 11) is 2.13. The highest BCUT2D eigenvalue weighted by Crippen LogP contribution is 2.25. The first-order valence-corrected chi connectivity index (χ1v) is 8.09. The molecule has 0 spiro atoms. The topological polar surface area (TPSA) is 24.5 Å². The predicted octanol–water partition coefficient (Wildman–Crippen LogP) is 3.84. The minimum absolute atomic E-state index is 0.0900. The van der Waals surface area contributed by atoms with Crippen LogP contribution in [-0.2, 0) is 11.3 Å². The molecule has 1 unspecified atom stereocenters. The van der Waals surface area contributed by atoms with Crippen LogP contribution in [0, 0.1) is 0 Å². The van der Waals surface area contributed by atoms with Crippen LogP contribution in [0.4, 0.5) is 5.69 Å². The van der Waals surface area contributed by atoms with Crippen molar-refractivity contribution in [2.75, 3.05) is 25.1 Å². The van der Waals surface area contributed by atoms with E-state index in [1.807, 2.05) is 6.07 Å². The van der Waals surface area contributed by atoms with Gasteiger partial charge in [-0.1, -0.05) is 11.6 Å². The average molecular weight is 311 g/mol. The molecule has 0 amide bonds. The van der Waals surface area contributed by atoms with Gasteiger partial charge in [-0.05, 0) is 57.4 Å². The molecule has 1 aromatic carbocycles. The predicted molar refractivity (Wildman–Crippen MR) is 90.3 cm³/mol. The Hall–Kier alpha value is -0.770. The van der Waals surface area contributed by atoms with Crippen molar-refractivity contribution in [3.05, 3.63) is 28.8 Å². The average Bonchev–Trinajstić information content (AvgIpc) is 2.88. The van der Waals surface area contributed by atoms with Gasteiger partial charge >= 0.3 is 0 Å². The number of anilines is 1. The van der Waals surface area contributed by atoms with Gasteiger partial charge in [-0.15, -0.1) is 0 Å². The highest BCUT2D eigenvalue weighted by Gasteiger charge is 2.19. The monoisotopic (exact) mass is 310 g/mol. The van der Waals surface area contributed by atoms with E-state index in [0.29, 0.717) is 6.10 Å². The lowest BCUT2D eigenvalue weighted by atomic mass is 10.1. The Bertz CT molecular complexity index is 464. The molecule has 0 radical (unpaired) electrons. The van der Waals surface area contributed by atoms with Crippen LogP contribution in [0.2, 0.25) is 5.02 Å². The Morgan fingerprint density at radius 2 is 2.14 bits per heavy atom. The second kappa shape index (κ2) is 6.99. The van der Waals surface area contributed by atoms with Crippen LogP contribution in [-0.4, -0.2) is 31.8 Å². The molecule has 21 heavy (non-hydrogen) atoms. The summed E-state index contributed by atoms with van der Waals surface area (Å²) >= 11 is 6.17. The van der Waals surface area contributed by atoms with E-state index in [0.717, 1.165) is 31.1 Å². The molecule has 1 aliphatic heterocycles. The molecule has 1 aromatic rings. The molecule has 118 valence electrons. The van der Waals surface area contributed by atoms with Gasteiger partial charge in [0, 0.05) is 43.0 Å². The summed E-state index contributed by atoms with van der Waals surface area (Å²) in [6, 6.07) is 6.13. The molecule has 2 rings (SSSR count).